The summed E-state index contributed by atoms with van der Waals surface area (Å²) in [6, 6.07) is 0. The van der Waals surface area contributed by atoms with Crippen molar-refractivity contribution in [1.82, 2.24) is 35.2 Å². The summed E-state index contributed by atoms with van der Waals surface area (Å²) < 4.78 is 0. The van der Waals surface area contributed by atoms with Gasteiger partial charge in [-0.3, -0.25) is 14.6 Å². The highest BCUT2D eigenvalue weighted by Crippen LogP contribution is 2.13. The molecule has 3 rings (SSSR count). The summed E-state index contributed by atoms with van der Waals surface area (Å²) in [4.78, 5) is 53.5. The molecule has 0 saturated carbocycles. The number of aromatic nitrogens is 6. The molecule has 0 aromatic carbocycles. The zero-order valence-electron chi connectivity index (χ0n) is 12.9. The third-order valence-corrected chi connectivity index (χ3v) is 3.20. The highest BCUT2D eigenvalue weighted by atomic mass is 16.2. The minimum atomic E-state index is -0.603. The Morgan fingerprint density at radius 3 is 2.88 bits per heavy atom. The molecule has 0 aliphatic rings. The fourth-order valence-corrected chi connectivity index (χ4v) is 2.03. The Morgan fingerprint density at radius 1 is 1.16 bits per heavy atom. The number of nitrogens with zero attached hydrogens (tertiary/aromatic N) is 3. The lowest BCUT2D eigenvalue weighted by atomic mass is 10.3. The predicted molar refractivity (Wildman–Crippen MR) is 89.9 cm³/mol. The first kappa shape index (κ1) is 16.1. The van der Waals surface area contributed by atoms with Gasteiger partial charge in [-0.15, -0.1) is 0 Å². The number of carbonyl (C=O) groups excluding carboxylic acids is 1. The molecule has 0 spiro atoms. The third kappa shape index (κ3) is 3.96. The van der Waals surface area contributed by atoms with E-state index in [0.29, 0.717) is 30.1 Å². The van der Waals surface area contributed by atoms with E-state index in [1.165, 1.54) is 31.0 Å². The van der Waals surface area contributed by atoms with E-state index in [-0.39, 0.29) is 11.5 Å². The minimum Gasteiger partial charge on any atom is -0.366 e. The van der Waals surface area contributed by atoms with Gasteiger partial charge in [-0.25, -0.2) is 19.7 Å². The van der Waals surface area contributed by atoms with Crippen LogP contribution >= 0.6 is 0 Å². The molecule has 0 aliphatic carbocycles. The quantitative estimate of drug-likeness (QED) is 0.282. The maximum atomic E-state index is 11.7. The summed E-state index contributed by atoms with van der Waals surface area (Å²) in [6.07, 6.45) is 6.68. The maximum Gasteiger partial charge on any atom is 0.325 e. The molecule has 11 heteroatoms. The molecule has 0 fully saturated rings. The third-order valence-electron chi connectivity index (χ3n) is 3.20. The molecule has 0 atom stereocenters. The van der Waals surface area contributed by atoms with Crippen LogP contribution in [0.3, 0.4) is 0 Å². The molecule has 3 heterocycles. The number of imidazole rings is 1. The van der Waals surface area contributed by atoms with Crippen LogP contribution in [0.5, 0.6) is 0 Å². The Balaban J connectivity index is 1.49. The Kier molecular flexibility index (Phi) is 4.65. The monoisotopic (exact) mass is 342 g/mol. The van der Waals surface area contributed by atoms with Gasteiger partial charge in [0.05, 0.1) is 11.9 Å². The van der Waals surface area contributed by atoms with Crippen LogP contribution in [0, 0.1) is 0 Å². The number of H-pyrrole nitrogens is 3. The SMILES string of the molecule is O=C(/C=C/c1c[nH]c(=O)[nH]c1=O)NCCNc1ncnc2nc[nH]c12. The van der Waals surface area contributed by atoms with Crippen LogP contribution in [0.25, 0.3) is 17.2 Å². The second-order valence-electron chi connectivity index (χ2n) is 4.90. The highest BCUT2D eigenvalue weighted by molar-refractivity contribution is 5.91. The molecule has 0 bridgehead atoms. The van der Waals surface area contributed by atoms with Crippen molar-refractivity contribution < 1.29 is 4.79 Å². The number of anilines is 1. The van der Waals surface area contributed by atoms with Crippen molar-refractivity contribution in [3.05, 3.63) is 51.3 Å². The maximum absolute atomic E-state index is 11.7. The zero-order chi connectivity index (χ0) is 17.6. The Labute approximate surface area is 139 Å². The first-order valence-corrected chi connectivity index (χ1v) is 7.29. The van der Waals surface area contributed by atoms with Gasteiger partial charge in [-0.1, -0.05) is 0 Å². The van der Waals surface area contributed by atoms with Crippen LogP contribution in [-0.2, 0) is 4.79 Å². The molecule has 3 aromatic heterocycles. The van der Waals surface area contributed by atoms with Crippen LogP contribution in [0.2, 0.25) is 0 Å². The van der Waals surface area contributed by atoms with Crippen molar-refractivity contribution in [3.8, 4) is 0 Å². The first-order valence-electron chi connectivity index (χ1n) is 7.29. The number of hydrogen-bond donors (Lipinski definition) is 5. The van der Waals surface area contributed by atoms with Gasteiger partial charge in [0.2, 0.25) is 5.91 Å². The molecule has 0 saturated heterocycles. The van der Waals surface area contributed by atoms with Crippen LogP contribution in [0.4, 0.5) is 5.82 Å². The van der Waals surface area contributed by atoms with Gasteiger partial charge in [0, 0.05) is 25.4 Å². The van der Waals surface area contributed by atoms with Crippen LogP contribution in [0.15, 0.2) is 34.5 Å². The average Bonchev–Trinajstić information content (AvgIpc) is 3.07. The van der Waals surface area contributed by atoms with Crippen LogP contribution in [0.1, 0.15) is 5.56 Å². The lowest BCUT2D eigenvalue weighted by Crippen LogP contribution is -2.27. The van der Waals surface area contributed by atoms with Crippen LogP contribution < -0.4 is 21.9 Å². The van der Waals surface area contributed by atoms with E-state index in [0.717, 1.165) is 0 Å². The molecule has 0 radical (unpaired) electrons. The number of nitrogens with one attached hydrogen (secondary N) is 5. The topological polar surface area (TPSA) is 161 Å². The van der Waals surface area contributed by atoms with Crippen LogP contribution in [-0.4, -0.2) is 48.9 Å². The predicted octanol–water partition coefficient (Wildman–Crippen LogP) is -1.03. The average molecular weight is 342 g/mol. The second kappa shape index (κ2) is 7.21. The van der Waals surface area contributed by atoms with Crippen molar-refractivity contribution in [2.45, 2.75) is 0 Å². The molecular formula is C14H14N8O3. The Morgan fingerprint density at radius 2 is 2.04 bits per heavy atom. The van der Waals surface area contributed by atoms with Gasteiger partial charge in [0.15, 0.2) is 11.5 Å². The van der Waals surface area contributed by atoms with E-state index < -0.39 is 11.2 Å². The van der Waals surface area contributed by atoms with Crippen molar-refractivity contribution in [2.24, 2.45) is 0 Å². The van der Waals surface area contributed by atoms with Crippen molar-refractivity contribution in [2.75, 3.05) is 18.4 Å². The summed E-state index contributed by atoms with van der Waals surface area (Å²) in [6.45, 7) is 0.773. The minimum absolute atomic E-state index is 0.176. The summed E-state index contributed by atoms with van der Waals surface area (Å²) in [5, 5.41) is 5.72. The van der Waals surface area contributed by atoms with E-state index in [2.05, 4.69) is 40.5 Å². The summed E-state index contributed by atoms with van der Waals surface area (Å²) >= 11 is 0. The normalized spacial score (nSPS) is 11.0. The van der Waals surface area contributed by atoms with Gasteiger partial charge in [-0.05, 0) is 6.08 Å². The fraction of sp³-hybridized carbons (Fsp3) is 0.143. The molecule has 11 nitrogen and oxygen atoms in total. The van der Waals surface area contributed by atoms with Crippen molar-refractivity contribution in [1.29, 1.82) is 0 Å². The van der Waals surface area contributed by atoms with Crippen molar-refractivity contribution >= 4 is 29.0 Å². The lowest BCUT2D eigenvalue weighted by molar-refractivity contribution is -0.116. The zero-order valence-corrected chi connectivity index (χ0v) is 12.9. The Hall–Kier alpha value is -3.76. The van der Waals surface area contributed by atoms with Crippen molar-refractivity contribution in [3.63, 3.8) is 0 Å². The number of hydrogen-bond acceptors (Lipinski definition) is 7. The summed E-state index contributed by atoms with van der Waals surface area (Å²) in [5.41, 5.74) is 0.243. The van der Waals surface area contributed by atoms with E-state index in [1.807, 2.05) is 0 Å². The smallest absolute Gasteiger partial charge is 0.325 e. The van der Waals surface area contributed by atoms with Gasteiger partial charge in [-0.2, -0.15) is 0 Å². The van der Waals surface area contributed by atoms with E-state index in [4.69, 9.17) is 0 Å². The fourth-order valence-electron chi connectivity index (χ4n) is 2.03. The Bertz CT molecular complexity index is 1030. The lowest BCUT2D eigenvalue weighted by Gasteiger charge is -2.06. The van der Waals surface area contributed by atoms with E-state index in [9.17, 15) is 14.4 Å². The number of fused-ring (bicyclic) bond motifs is 1. The molecule has 0 unspecified atom stereocenters. The second-order valence-corrected chi connectivity index (χ2v) is 4.90. The van der Waals surface area contributed by atoms with Gasteiger partial charge < -0.3 is 20.6 Å². The number of amides is 1. The molecule has 1 amide bonds. The standard InChI is InChI=1S/C14H14N8O3/c23-9(2-1-8-5-17-14(25)22-13(8)24)15-3-4-16-11-10-12(19-6-18-10)21-7-20-11/h1-2,5-7H,3-4H2,(H,15,23)(H2,17,22,24,25)(H2,16,18,19,20,21)/b2-1+. The first-order chi connectivity index (χ1) is 12.1. The number of carbonyl (C=O) groups is 1. The van der Waals surface area contributed by atoms with E-state index in [1.54, 1.807) is 0 Å². The largest absolute Gasteiger partial charge is 0.366 e. The number of aromatic amines is 3. The van der Waals surface area contributed by atoms with Gasteiger partial charge in [0.25, 0.3) is 5.56 Å². The highest BCUT2D eigenvalue weighted by Gasteiger charge is 2.04. The van der Waals surface area contributed by atoms with E-state index >= 15 is 0 Å². The summed E-state index contributed by atoms with van der Waals surface area (Å²) in [5.74, 6) is 0.217. The van der Waals surface area contributed by atoms with Gasteiger partial charge >= 0.3 is 5.69 Å². The molecule has 0 aliphatic heterocycles. The molecule has 128 valence electrons. The molecule has 3 aromatic rings. The van der Waals surface area contributed by atoms with Gasteiger partial charge in [0.1, 0.15) is 11.8 Å². The number of rotatable bonds is 6. The molecule has 5 N–H and O–H groups in total. The molecular weight excluding hydrogens is 328 g/mol. The summed E-state index contributed by atoms with van der Waals surface area (Å²) in [7, 11) is 0. The molecule has 25 heavy (non-hydrogen) atoms.